The van der Waals surface area contributed by atoms with Gasteiger partial charge in [-0.3, -0.25) is 9.39 Å². The minimum absolute atomic E-state index is 0.853. The van der Waals surface area contributed by atoms with Crippen LogP contribution in [0.5, 0.6) is 0 Å². The van der Waals surface area contributed by atoms with E-state index in [1.807, 2.05) is 12.1 Å². The molecule has 12 aromatic rings. The number of aromatic nitrogens is 3. The molecule has 4 nitrogen and oxygen atoms in total. The molecule has 0 bridgehead atoms. The molecule has 4 heteroatoms. The summed E-state index contributed by atoms with van der Waals surface area (Å²) >= 11 is 0. The van der Waals surface area contributed by atoms with Gasteiger partial charge in [0.15, 0.2) is 0 Å². The number of fused-ring (bicyclic) bond motifs is 11. The summed E-state index contributed by atoms with van der Waals surface area (Å²) in [5, 5.41) is 11.1. The molecule has 0 fully saturated rings. The van der Waals surface area contributed by atoms with Gasteiger partial charge in [0.2, 0.25) is 0 Å². The number of imidazole rings is 1. The minimum atomic E-state index is 0.853. The van der Waals surface area contributed by atoms with Crippen molar-refractivity contribution in [3.63, 3.8) is 0 Å². The van der Waals surface area contributed by atoms with Crippen molar-refractivity contribution in [2.24, 2.45) is 4.99 Å². The maximum absolute atomic E-state index is 5.79. The number of benzene rings is 9. The average Bonchev–Trinajstić information content (AvgIpc) is 3.82. The Morgan fingerprint density at radius 1 is 0.439 bits per heavy atom. The summed E-state index contributed by atoms with van der Waals surface area (Å²) < 4.78 is 2.16. The van der Waals surface area contributed by atoms with Gasteiger partial charge in [0.05, 0.1) is 22.4 Å². The van der Waals surface area contributed by atoms with Crippen molar-refractivity contribution >= 4 is 87.7 Å². The second kappa shape index (κ2) is 15.7. The van der Waals surface area contributed by atoms with E-state index in [1.165, 1.54) is 59.8 Å². The summed E-state index contributed by atoms with van der Waals surface area (Å²) in [6, 6.07) is 72.1. The van der Waals surface area contributed by atoms with Crippen LogP contribution in [0.15, 0.2) is 224 Å². The molecule has 0 amide bonds. The zero-order valence-electron chi connectivity index (χ0n) is 36.2. The third-order valence-electron chi connectivity index (χ3n) is 13.5. The fourth-order valence-electron chi connectivity index (χ4n) is 10.3. The molecule has 0 radical (unpaired) electrons. The molecule has 0 spiro atoms. The van der Waals surface area contributed by atoms with Gasteiger partial charge in [-0.15, -0.1) is 0 Å². The highest BCUT2D eigenvalue weighted by molar-refractivity contribution is 6.20. The molecular weight excluding hydrogens is 801 g/mol. The van der Waals surface area contributed by atoms with Gasteiger partial charge in [-0.2, -0.15) is 0 Å². The van der Waals surface area contributed by atoms with Gasteiger partial charge in [0.1, 0.15) is 11.2 Å². The Hall–Kier alpha value is -8.47. The van der Waals surface area contributed by atoms with Crippen LogP contribution in [0.25, 0.3) is 104 Å². The van der Waals surface area contributed by atoms with Gasteiger partial charge in [-0.1, -0.05) is 170 Å². The lowest BCUT2D eigenvalue weighted by atomic mass is 9.91. The molecule has 0 N–H and O–H groups in total. The van der Waals surface area contributed by atoms with Crippen molar-refractivity contribution in [1.29, 1.82) is 0 Å². The van der Waals surface area contributed by atoms with E-state index < -0.39 is 0 Å². The monoisotopic (exact) mass is 842 g/mol. The van der Waals surface area contributed by atoms with E-state index in [0.29, 0.717) is 0 Å². The zero-order valence-corrected chi connectivity index (χ0v) is 36.2. The minimum Gasteiger partial charge on any atom is -0.298 e. The van der Waals surface area contributed by atoms with Gasteiger partial charge < -0.3 is 0 Å². The Morgan fingerprint density at radius 3 is 1.80 bits per heavy atom. The molecule has 1 aliphatic rings. The number of nitrogens with zero attached hydrogens (tertiary/aromatic N) is 4. The second-order valence-electron chi connectivity index (χ2n) is 17.4. The van der Waals surface area contributed by atoms with Gasteiger partial charge >= 0.3 is 0 Å². The van der Waals surface area contributed by atoms with E-state index in [9.17, 15) is 0 Å². The maximum atomic E-state index is 5.79. The normalized spacial score (nSPS) is 13.5. The molecular formula is C62H42N4. The molecule has 310 valence electrons. The van der Waals surface area contributed by atoms with Crippen LogP contribution in [0.1, 0.15) is 36.0 Å². The number of allylic oxidation sites excluding steroid dienone is 3. The first-order valence-corrected chi connectivity index (χ1v) is 22.9. The number of para-hydroxylation sites is 1. The van der Waals surface area contributed by atoms with Crippen molar-refractivity contribution in [2.75, 3.05) is 0 Å². The number of aliphatic imine (C=N–C) groups is 1. The first-order valence-electron chi connectivity index (χ1n) is 22.9. The quantitative estimate of drug-likeness (QED) is 0.162. The maximum Gasteiger partial charge on any atom is 0.137 e. The Balaban J connectivity index is 0.975. The topological polar surface area (TPSA) is 42.5 Å². The highest BCUT2D eigenvalue weighted by atomic mass is 15.0. The smallest absolute Gasteiger partial charge is 0.137 e. The molecule has 66 heavy (non-hydrogen) atoms. The third-order valence-corrected chi connectivity index (χ3v) is 13.5. The van der Waals surface area contributed by atoms with E-state index >= 15 is 0 Å². The van der Waals surface area contributed by atoms with Crippen molar-refractivity contribution < 1.29 is 0 Å². The Bertz CT molecular complexity index is 4020. The van der Waals surface area contributed by atoms with E-state index in [4.69, 9.17) is 15.0 Å². The Morgan fingerprint density at radius 2 is 1.05 bits per heavy atom. The Labute approximate surface area is 382 Å². The van der Waals surface area contributed by atoms with Gasteiger partial charge in [-0.25, -0.2) is 9.97 Å². The Kier molecular flexibility index (Phi) is 9.02. The standard InChI is InChI=1S/C62H42N4/c1-4-21-47-43(16-1)37-54(51-25-8-6-23-49(47)51)45-18-3-11-29-57(55-38-44-17-2-5-22-48(44)50-24-7-9-26-52(50)55)63-58(39-45)46-20-15-19-42(36-46)40-31-33-41(34-32-40)60-62-61(53-27-10-12-28-56(53)64-60)65-59-30-13-14-35-66(59)62/h1-2,4-10,12-28,30-39H,3,11,29H2. The number of hydrogen-bond donors (Lipinski definition) is 0. The fraction of sp³-hybridized carbons (Fsp3) is 0.0484. The third kappa shape index (κ3) is 6.41. The summed E-state index contributed by atoms with van der Waals surface area (Å²) in [4.78, 5) is 16.1. The van der Waals surface area contributed by atoms with Crippen LogP contribution in [-0.2, 0) is 0 Å². The number of rotatable bonds is 5. The summed E-state index contributed by atoms with van der Waals surface area (Å²) in [6.07, 6.45) is 9.64. The average molecular weight is 843 g/mol. The summed E-state index contributed by atoms with van der Waals surface area (Å²) in [5.74, 6) is 0. The molecule has 9 aromatic carbocycles. The lowest BCUT2D eigenvalue weighted by Gasteiger charge is -2.15. The first-order chi connectivity index (χ1) is 32.7. The molecule has 0 unspecified atom stereocenters. The number of pyridine rings is 2. The van der Waals surface area contributed by atoms with Crippen LogP contribution in [0.3, 0.4) is 0 Å². The fourth-order valence-corrected chi connectivity index (χ4v) is 10.3. The van der Waals surface area contributed by atoms with Gasteiger partial charge in [-0.05, 0) is 127 Å². The van der Waals surface area contributed by atoms with Crippen LogP contribution in [0, 0.1) is 0 Å². The van der Waals surface area contributed by atoms with Crippen molar-refractivity contribution in [2.45, 2.75) is 19.3 Å². The molecule has 1 aliphatic heterocycles. The second-order valence-corrected chi connectivity index (χ2v) is 17.4. The van der Waals surface area contributed by atoms with E-state index in [-0.39, 0.29) is 0 Å². The molecule has 0 aliphatic carbocycles. The van der Waals surface area contributed by atoms with Crippen LogP contribution >= 0.6 is 0 Å². The van der Waals surface area contributed by atoms with Crippen molar-refractivity contribution in [3.8, 4) is 22.4 Å². The molecule has 0 saturated carbocycles. The molecule has 3 aromatic heterocycles. The molecule has 0 atom stereocenters. The van der Waals surface area contributed by atoms with E-state index in [1.54, 1.807) is 0 Å². The zero-order chi connectivity index (χ0) is 43.6. The van der Waals surface area contributed by atoms with E-state index in [0.717, 1.165) is 86.2 Å². The SMILES string of the molecule is C1=C(c2cccc(-c3ccc(-c4nc5ccccc5c5nc6ccccn6c45)cc3)c2)N=C(c2cc3ccccc3c3ccccc23)CCCC=C1c1cc2ccccc2c2ccccc12. The van der Waals surface area contributed by atoms with Crippen LogP contribution < -0.4 is 0 Å². The van der Waals surface area contributed by atoms with Crippen LogP contribution in [0.4, 0.5) is 0 Å². The van der Waals surface area contributed by atoms with Crippen LogP contribution in [0.2, 0.25) is 0 Å². The number of hydrogen-bond acceptors (Lipinski definition) is 3. The highest BCUT2D eigenvalue weighted by Gasteiger charge is 2.19. The first kappa shape index (κ1) is 38.0. The van der Waals surface area contributed by atoms with Crippen LogP contribution in [-0.4, -0.2) is 20.1 Å². The predicted molar refractivity (Wildman–Crippen MR) is 278 cm³/mol. The molecule has 4 heterocycles. The van der Waals surface area contributed by atoms with Crippen molar-refractivity contribution in [1.82, 2.24) is 14.4 Å². The summed E-state index contributed by atoms with van der Waals surface area (Å²) in [5.41, 5.74) is 14.8. The van der Waals surface area contributed by atoms with Gasteiger partial charge in [0.25, 0.3) is 0 Å². The van der Waals surface area contributed by atoms with Gasteiger partial charge in [0, 0.05) is 34.0 Å². The lowest BCUT2D eigenvalue weighted by molar-refractivity contribution is 0.897. The van der Waals surface area contributed by atoms with E-state index in [2.05, 4.69) is 211 Å². The molecule has 0 saturated heterocycles. The van der Waals surface area contributed by atoms with Crippen molar-refractivity contribution in [3.05, 3.63) is 235 Å². The summed E-state index contributed by atoms with van der Waals surface area (Å²) in [7, 11) is 0. The highest BCUT2D eigenvalue weighted by Crippen LogP contribution is 2.39. The lowest BCUT2D eigenvalue weighted by Crippen LogP contribution is -2.03. The predicted octanol–water partition coefficient (Wildman–Crippen LogP) is 16.1. The largest absolute Gasteiger partial charge is 0.298 e. The molecule has 13 rings (SSSR count). The summed E-state index contributed by atoms with van der Waals surface area (Å²) in [6.45, 7) is 0.